The van der Waals surface area contributed by atoms with E-state index in [2.05, 4.69) is 27.9 Å². The van der Waals surface area contributed by atoms with Crippen molar-refractivity contribution in [2.24, 2.45) is 0 Å². The lowest BCUT2D eigenvalue weighted by molar-refractivity contribution is 0.286. The summed E-state index contributed by atoms with van der Waals surface area (Å²) < 4.78 is 20.6. The van der Waals surface area contributed by atoms with E-state index in [0.717, 1.165) is 11.1 Å². The third-order valence-corrected chi connectivity index (χ3v) is 3.43. The van der Waals surface area contributed by atoms with Gasteiger partial charge in [0.15, 0.2) is 11.6 Å². The molecule has 0 saturated heterocycles. The van der Waals surface area contributed by atoms with Crippen LogP contribution in [0.2, 0.25) is 0 Å². The average Bonchev–Trinajstić information content (AvgIpc) is 2.40. The van der Waals surface area contributed by atoms with E-state index in [1.54, 1.807) is 6.07 Å². The number of halogens is 2. The molecular formula is C15H15FINO. The molecular weight excluding hydrogens is 356 g/mol. The van der Waals surface area contributed by atoms with Crippen LogP contribution in [-0.2, 0) is 13.2 Å². The van der Waals surface area contributed by atoms with Crippen molar-refractivity contribution in [3.63, 3.8) is 0 Å². The van der Waals surface area contributed by atoms with E-state index in [1.165, 1.54) is 9.64 Å². The third-order valence-electron chi connectivity index (χ3n) is 2.71. The van der Waals surface area contributed by atoms with Gasteiger partial charge in [0, 0.05) is 15.7 Å². The monoisotopic (exact) mass is 371 g/mol. The van der Waals surface area contributed by atoms with E-state index in [9.17, 15) is 4.39 Å². The quantitative estimate of drug-likeness (QED) is 0.809. The van der Waals surface area contributed by atoms with Crippen LogP contribution in [0.4, 0.5) is 4.39 Å². The van der Waals surface area contributed by atoms with Gasteiger partial charge in [-0.25, -0.2) is 4.39 Å². The molecule has 0 amide bonds. The molecule has 0 saturated carbocycles. The van der Waals surface area contributed by atoms with Crippen LogP contribution in [0.3, 0.4) is 0 Å². The van der Waals surface area contributed by atoms with E-state index in [0.29, 0.717) is 18.9 Å². The minimum Gasteiger partial charge on any atom is -0.485 e. The Morgan fingerprint density at radius 3 is 2.58 bits per heavy atom. The van der Waals surface area contributed by atoms with Gasteiger partial charge in [-0.15, -0.1) is 0 Å². The summed E-state index contributed by atoms with van der Waals surface area (Å²) in [6.07, 6.45) is 0. The summed E-state index contributed by atoms with van der Waals surface area (Å²) in [6, 6.07) is 13.0. The molecule has 0 aliphatic rings. The first kappa shape index (κ1) is 14.3. The summed E-state index contributed by atoms with van der Waals surface area (Å²) in [5.74, 6) is 0.00802. The van der Waals surface area contributed by atoms with Crippen LogP contribution in [0.25, 0.3) is 0 Å². The molecule has 0 spiro atoms. The van der Waals surface area contributed by atoms with Crippen molar-refractivity contribution >= 4 is 22.6 Å². The first-order chi connectivity index (χ1) is 9.20. The zero-order valence-electron chi connectivity index (χ0n) is 10.6. The molecule has 0 fully saturated rings. The van der Waals surface area contributed by atoms with Crippen LogP contribution in [-0.4, -0.2) is 7.05 Å². The lowest BCUT2D eigenvalue weighted by atomic mass is 10.2. The van der Waals surface area contributed by atoms with E-state index in [-0.39, 0.29) is 5.82 Å². The Hall–Kier alpha value is -1.14. The van der Waals surface area contributed by atoms with Crippen molar-refractivity contribution in [2.75, 3.05) is 7.05 Å². The normalized spacial score (nSPS) is 10.5. The van der Waals surface area contributed by atoms with Gasteiger partial charge in [0.1, 0.15) is 6.61 Å². The molecule has 2 aromatic rings. The maximum Gasteiger partial charge on any atom is 0.165 e. The molecule has 2 aromatic carbocycles. The molecule has 0 atom stereocenters. The summed E-state index contributed by atoms with van der Waals surface area (Å²) in [5.41, 5.74) is 1.85. The molecule has 0 heterocycles. The van der Waals surface area contributed by atoms with E-state index < -0.39 is 0 Å². The number of benzene rings is 2. The van der Waals surface area contributed by atoms with Crippen molar-refractivity contribution in [3.05, 3.63) is 63.0 Å². The standard InChI is InChI=1S/C15H15FINO/c1-18-9-12-3-2-4-14(16)15(12)19-10-11-5-7-13(17)8-6-11/h2-8,18H,9-10H2,1H3. The lowest BCUT2D eigenvalue weighted by Gasteiger charge is -2.12. The Morgan fingerprint density at radius 2 is 1.89 bits per heavy atom. The minimum absolute atomic E-state index is 0.321. The van der Waals surface area contributed by atoms with Gasteiger partial charge in [0.25, 0.3) is 0 Å². The highest BCUT2D eigenvalue weighted by atomic mass is 127. The first-order valence-electron chi connectivity index (χ1n) is 6.00. The first-order valence-corrected chi connectivity index (χ1v) is 7.08. The highest BCUT2D eigenvalue weighted by Crippen LogP contribution is 2.23. The van der Waals surface area contributed by atoms with Crippen molar-refractivity contribution in [3.8, 4) is 5.75 Å². The predicted molar refractivity (Wildman–Crippen MR) is 82.7 cm³/mol. The van der Waals surface area contributed by atoms with Gasteiger partial charge in [-0.2, -0.15) is 0 Å². The third kappa shape index (κ3) is 3.91. The van der Waals surface area contributed by atoms with Crippen molar-refractivity contribution in [1.29, 1.82) is 0 Å². The van der Waals surface area contributed by atoms with Crippen LogP contribution in [0.1, 0.15) is 11.1 Å². The van der Waals surface area contributed by atoms with Crippen molar-refractivity contribution < 1.29 is 9.13 Å². The highest BCUT2D eigenvalue weighted by Gasteiger charge is 2.09. The topological polar surface area (TPSA) is 21.3 Å². The van der Waals surface area contributed by atoms with Crippen LogP contribution in [0.5, 0.6) is 5.75 Å². The predicted octanol–water partition coefficient (Wildman–Crippen LogP) is 3.73. The van der Waals surface area contributed by atoms with Crippen LogP contribution in [0.15, 0.2) is 42.5 Å². The zero-order valence-corrected chi connectivity index (χ0v) is 12.8. The molecule has 100 valence electrons. The van der Waals surface area contributed by atoms with E-state index >= 15 is 0 Å². The molecule has 0 unspecified atom stereocenters. The zero-order chi connectivity index (χ0) is 13.7. The van der Waals surface area contributed by atoms with Crippen LogP contribution >= 0.6 is 22.6 Å². The largest absolute Gasteiger partial charge is 0.485 e. The van der Waals surface area contributed by atoms with Crippen LogP contribution < -0.4 is 10.1 Å². The summed E-state index contributed by atoms with van der Waals surface area (Å²) in [5, 5.41) is 3.01. The van der Waals surface area contributed by atoms with Gasteiger partial charge in [-0.1, -0.05) is 24.3 Å². The molecule has 0 aliphatic carbocycles. The Bertz CT molecular complexity index is 542. The fraction of sp³-hybridized carbons (Fsp3) is 0.200. The van der Waals surface area contributed by atoms with Gasteiger partial charge >= 0.3 is 0 Å². The van der Waals surface area contributed by atoms with Gasteiger partial charge in [-0.05, 0) is 53.4 Å². The molecule has 0 aromatic heterocycles. The number of rotatable bonds is 5. The SMILES string of the molecule is CNCc1cccc(F)c1OCc1ccc(I)cc1. The fourth-order valence-electron chi connectivity index (χ4n) is 1.78. The van der Waals surface area contributed by atoms with Gasteiger partial charge in [-0.3, -0.25) is 0 Å². The minimum atomic E-state index is -0.321. The van der Waals surface area contributed by atoms with Crippen LogP contribution in [0, 0.1) is 9.39 Å². The van der Waals surface area contributed by atoms with Gasteiger partial charge < -0.3 is 10.1 Å². The molecule has 1 N–H and O–H groups in total. The molecule has 0 aliphatic heterocycles. The summed E-state index contributed by atoms with van der Waals surface area (Å²) >= 11 is 2.25. The smallest absolute Gasteiger partial charge is 0.165 e. The number of hydrogen-bond donors (Lipinski definition) is 1. The Balaban J connectivity index is 2.12. The molecule has 2 rings (SSSR count). The Morgan fingerprint density at radius 1 is 1.16 bits per heavy atom. The fourth-order valence-corrected chi connectivity index (χ4v) is 2.14. The molecule has 2 nitrogen and oxygen atoms in total. The highest BCUT2D eigenvalue weighted by molar-refractivity contribution is 14.1. The molecule has 0 radical (unpaired) electrons. The lowest BCUT2D eigenvalue weighted by Crippen LogP contribution is -2.08. The van der Waals surface area contributed by atoms with E-state index in [4.69, 9.17) is 4.74 Å². The Labute approximate surface area is 126 Å². The second kappa shape index (κ2) is 6.86. The summed E-state index contributed by atoms with van der Waals surface area (Å²) in [7, 11) is 1.83. The molecule has 19 heavy (non-hydrogen) atoms. The van der Waals surface area contributed by atoms with Crippen molar-refractivity contribution in [2.45, 2.75) is 13.2 Å². The molecule has 4 heteroatoms. The second-order valence-electron chi connectivity index (χ2n) is 4.17. The van der Waals surface area contributed by atoms with Gasteiger partial charge in [0.2, 0.25) is 0 Å². The maximum atomic E-state index is 13.8. The average molecular weight is 371 g/mol. The Kier molecular flexibility index (Phi) is 5.15. The van der Waals surface area contributed by atoms with Gasteiger partial charge in [0.05, 0.1) is 0 Å². The number of para-hydroxylation sites is 1. The van der Waals surface area contributed by atoms with E-state index in [1.807, 2.05) is 37.4 Å². The summed E-state index contributed by atoms with van der Waals surface area (Å²) in [4.78, 5) is 0. The number of ether oxygens (including phenoxy) is 1. The summed E-state index contributed by atoms with van der Waals surface area (Å²) in [6.45, 7) is 0.953. The maximum absolute atomic E-state index is 13.8. The molecule has 0 bridgehead atoms. The second-order valence-corrected chi connectivity index (χ2v) is 5.42. The number of nitrogens with one attached hydrogen (secondary N) is 1. The number of hydrogen-bond acceptors (Lipinski definition) is 2. The van der Waals surface area contributed by atoms with Crippen molar-refractivity contribution in [1.82, 2.24) is 5.32 Å².